The van der Waals surface area contributed by atoms with Crippen molar-refractivity contribution in [2.24, 2.45) is 11.1 Å². The first-order chi connectivity index (χ1) is 9.46. The molecular formula is C15H28N2OS2. The van der Waals surface area contributed by atoms with E-state index in [4.69, 9.17) is 18.0 Å². The van der Waals surface area contributed by atoms with Gasteiger partial charge < -0.3 is 11.1 Å². The van der Waals surface area contributed by atoms with E-state index in [1.165, 1.54) is 32.1 Å². The van der Waals surface area contributed by atoms with Crippen LogP contribution in [0.2, 0.25) is 0 Å². The molecule has 20 heavy (non-hydrogen) atoms. The molecule has 0 bridgehead atoms. The molecule has 5 heteroatoms. The van der Waals surface area contributed by atoms with Gasteiger partial charge in [0.1, 0.15) is 0 Å². The van der Waals surface area contributed by atoms with Crippen LogP contribution in [-0.4, -0.2) is 28.4 Å². The minimum Gasteiger partial charge on any atom is -0.392 e. The molecule has 0 aromatic carbocycles. The summed E-state index contributed by atoms with van der Waals surface area (Å²) in [6.45, 7) is 4.69. The van der Waals surface area contributed by atoms with Crippen LogP contribution in [0.5, 0.6) is 0 Å². The summed E-state index contributed by atoms with van der Waals surface area (Å²) in [6, 6.07) is 0. The minimum absolute atomic E-state index is 0.00833. The van der Waals surface area contributed by atoms with Gasteiger partial charge in [-0.3, -0.25) is 4.79 Å². The van der Waals surface area contributed by atoms with Crippen molar-refractivity contribution in [2.75, 3.05) is 12.8 Å². The van der Waals surface area contributed by atoms with E-state index in [1.807, 2.05) is 25.6 Å². The molecule has 1 amide bonds. The number of nitrogens with two attached hydrogens (primary N) is 1. The monoisotopic (exact) mass is 316 g/mol. The van der Waals surface area contributed by atoms with E-state index in [9.17, 15) is 4.79 Å². The quantitative estimate of drug-likeness (QED) is 0.708. The third-order valence-corrected chi connectivity index (χ3v) is 6.69. The summed E-state index contributed by atoms with van der Waals surface area (Å²) in [6.07, 6.45) is 9.69. The second-order valence-corrected chi connectivity index (χ2v) is 7.50. The Morgan fingerprint density at radius 3 is 2.25 bits per heavy atom. The molecule has 0 saturated heterocycles. The lowest BCUT2D eigenvalue weighted by Crippen LogP contribution is -2.51. The number of nitrogens with one attached hydrogen (secondary N) is 1. The second-order valence-electron chi connectivity index (χ2n) is 5.78. The Bertz CT molecular complexity index is 348. The minimum atomic E-state index is -0.677. The highest BCUT2D eigenvalue weighted by Gasteiger charge is 2.39. The van der Waals surface area contributed by atoms with Crippen LogP contribution in [0.15, 0.2) is 0 Å². The van der Waals surface area contributed by atoms with Crippen molar-refractivity contribution in [3.05, 3.63) is 0 Å². The van der Waals surface area contributed by atoms with Crippen LogP contribution in [0, 0.1) is 5.41 Å². The van der Waals surface area contributed by atoms with Crippen LogP contribution in [0.1, 0.15) is 58.8 Å². The summed E-state index contributed by atoms with van der Waals surface area (Å²) in [5, 5.41) is 3.14. The van der Waals surface area contributed by atoms with Crippen LogP contribution in [0.3, 0.4) is 0 Å². The van der Waals surface area contributed by atoms with E-state index in [1.54, 1.807) is 0 Å². The molecule has 0 heterocycles. The lowest BCUT2D eigenvalue weighted by Gasteiger charge is -2.37. The maximum Gasteiger partial charge on any atom is 0.233 e. The molecular weight excluding hydrogens is 288 g/mol. The third-order valence-electron chi connectivity index (χ3n) is 4.88. The van der Waals surface area contributed by atoms with E-state index < -0.39 is 5.41 Å². The van der Waals surface area contributed by atoms with Crippen molar-refractivity contribution in [3.63, 3.8) is 0 Å². The Morgan fingerprint density at radius 2 is 1.85 bits per heavy atom. The molecule has 1 saturated carbocycles. The SMILES string of the molecule is CCC(CC)(C(=O)NCC1(SC)CCCCC1)C(N)=S. The molecule has 0 spiro atoms. The van der Waals surface area contributed by atoms with Gasteiger partial charge in [-0.15, -0.1) is 0 Å². The van der Waals surface area contributed by atoms with E-state index in [0.717, 1.165) is 6.54 Å². The van der Waals surface area contributed by atoms with Crippen molar-refractivity contribution in [3.8, 4) is 0 Å². The smallest absolute Gasteiger partial charge is 0.233 e. The molecule has 0 aliphatic heterocycles. The molecule has 0 unspecified atom stereocenters. The summed E-state index contributed by atoms with van der Waals surface area (Å²) in [5.41, 5.74) is 5.16. The van der Waals surface area contributed by atoms with Gasteiger partial charge in [0.15, 0.2) is 0 Å². The summed E-state index contributed by atoms with van der Waals surface area (Å²) in [4.78, 5) is 12.9. The van der Waals surface area contributed by atoms with Crippen LogP contribution in [-0.2, 0) is 4.79 Å². The fraction of sp³-hybridized carbons (Fsp3) is 0.867. The number of thioether (sulfide) groups is 1. The number of carbonyl (C=O) groups excluding carboxylic acids is 1. The first-order valence-corrected chi connectivity index (χ1v) is 9.23. The van der Waals surface area contributed by atoms with Crippen LogP contribution in [0.25, 0.3) is 0 Å². The molecule has 116 valence electrons. The maximum absolute atomic E-state index is 12.6. The van der Waals surface area contributed by atoms with Crippen molar-refractivity contribution < 1.29 is 4.79 Å². The molecule has 3 N–H and O–H groups in total. The van der Waals surface area contributed by atoms with Crippen molar-refractivity contribution in [1.82, 2.24) is 5.32 Å². The van der Waals surface area contributed by atoms with Gasteiger partial charge in [0.25, 0.3) is 0 Å². The molecule has 0 atom stereocenters. The van der Waals surface area contributed by atoms with Gasteiger partial charge in [0.05, 0.1) is 10.4 Å². The summed E-state index contributed by atoms with van der Waals surface area (Å²) in [7, 11) is 0. The highest BCUT2D eigenvalue weighted by atomic mass is 32.2. The normalized spacial score (nSPS) is 18.6. The largest absolute Gasteiger partial charge is 0.392 e. The van der Waals surface area contributed by atoms with Crippen LogP contribution in [0.4, 0.5) is 0 Å². The van der Waals surface area contributed by atoms with Crippen molar-refractivity contribution in [1.29, 1.82) is 0 Å². The molecule has 0 aromatic rings. The molecule has 0 radical (unpaired) electrons. The van der Waals surface area contributed by atoms with Crippen LogP contribution < -0.4 is 11.1 Å². The average Bonchev–Trinajstić information content (AvgIpc) is 2.47. The van der Waals surface area contributed by atoms with E-state index in [0.29, 0.717) is 17.8 Å². The van der Waals surface area contributed by atoms with Gasteiger partial charge in [0, 0.05) is 11.3 Å². The Labute approximate surface area is 132 Å². The first-order valence-electron chi connectivity index (χ1n) is 7.59. The van der Waals surface area contributed by atoms with Crippen LogP contribution >= 0.6 is 24.0 Å². The Morgan fingerprint density at radius 1 is 1.30 bits per heavy atom. The Kier molecular flexibility index (Phi) is 6.79. The zero-order valence-corrected chi connectivity index (χ0v) is 14.6. The van der Waals surface area contributed by atoms with Gasteiger partial charge in [-0.2, -0.15) is 11.8 Å². The van der Waals surface area contributed by atoms with Crippen molar-refractivity contribution >= 4 is 34.9 Å². The third kappa shape index (κ3) is 3.67. The Balaban J connectivity index is 2.71. The predicted molar refractivity (Wildman–Crippen MR) is 92.1 cm³/mol. The summed E-state index contributed by atoms with van der Waals surface area (Å²) in [5.74, 6) is 0.00833. The van der Waals surface area contributed by atoms with Gasteiger partial charge >= 0.3 is 0 Å². The molecule has 0 aromatic heterocycles. The number of carbonyl (C=O) groups is 1. The van der Waals surface area contributed by atoms with E-state index in [-0.39, 0.29) is 10.7 Å². The lowest BCUT2D eigenvalue weighted by molar-refractivity contribution is -0.128. The van der Waals surface area contributed by atoms with Gasteiger partial charge in [-0.1, -0.05) is 45.3 Å². The van der Waals surface area contributed by atoms with Gasteiger partial charge in [-0.05, 0) is 31.9 Å². The molecule has 1 aliphatic carbocycles. The topological polar surface area (TPSA) is 55.1 Å². The fourth-order valence-electron chi connectivity index (χ4n) is 3.09. The number of amides is 1. The van der Waals surface area contributed by atoms with E-state index >= 15 is 0 Å². The van der Waals surface area contributed by atoms with Gasteiger partial charge in [0.2, 0.25) is 5.91 Å². The van der Waals surface area contributed by atoms with Gasteiger partial charge in [-0.25, -0.2) is 0 Å². The fourth-order valence-corrected chi connectivity index (χ4v) is 4.39. The molecule has 1 aliphatic rings. The average molecular weight is 317 g/mol. The zero-order valence-electron chi connectivity index (χ0n) is 13.0. The molecule has 1 fully saturated rings. The standard InChI is InChI=1S/C15H28N2OS2/c1-4-15(5-2,12(16)19)13(18)17-11-14(20-3)9-7-6-8-10-14/h4-11H2,1-3H3,(H2,16,19)(H,17,18). The summed E-state index contributed by atoms with van der Waals surface area (Å²) >= 11 is 7.03. The zero-order chi connectivity index (χ0) is 15.2. The summed E-state index contributed by atoms with van der Waals surface area (Å²) < 4.78 is 0.206. The molecule has 1 rings (SSSR count). The highest BCUT2D eigenvalue weighted by Crippen LogP contribution is 2.38. The lowest BCUT2D eigenvalue weighted by atomic mass is 9.80. The van der Waals surface area contributed by atoms with Crippen molar-refractivity contribution in [2.45, 2.75) is 63.5 Å². The number of hydrogen-bond acceptors (Lipinski definition) is 3. The first kappa shape index (κ1) is 17.8. The molecule has 3 nitrogen and oxygen atoms in total. The predicted octanol–water partition coefficient (Wildman–Crippen LogP) is 3.26. The number of hydrogen-bond donors (Lipinski definition) is 2. The van der Waals surface area contributed by atoms with E-state index in [2.05, 4.69) is 11.6 Å². The number of thiocarbonyl (C=S) groups is 1. The second kappa shape index (κ2) is 7.64. The maximum atomic E-state index is 12.6. The highest BCUT2D eigenvalue weighted by molar-refractivity contribution is 8.00. The number of rotatable bonds is 7. The Hall–Kier alpha value is -0.290.